The predicted octanol–water partition coefficient (Wildman–Crippen LogP) is 2.89. The van der Waals surface area contributed by atoms with Crippen molar-refractivity contribution in [2.45, 2.75) is 30.8 Å². The van der Waals surface area contributed by atoms with E-state index in [4.69, 9.17) is 0 Å². The van der Waals surface area contributed by atoms with Gasteiger partial charge in [-0.1, -0.05) is 30.3 Å². The molecule has 0 saturated heterocycles. The number of nitrogens with zero attached hydrogens (tertiary/aromatic N) is 2. The molecule has 1 heterocycles. The lowest BCUT2D eigenvalue weighted by Gasteiger charge is -2.25. The maximum absolute atomic E-state index is 12.3. The zero-order valence-electron chi connectivity index (χ0n) is 13.7. The van der Waals surface area contributed by atoms with Crippen LogP contribution < -0.4 is 4.90 Å². The van der Waals surface area contributed by atoms with E-state index >= 15 is 0 Å². The van der Waals surface area contributed by atoms with E-state index in [9.17, 15) is 8.42 Å². The quantitative estimate of drug-likeness (QED) is 0.865. The molecule has 0 fully saturated rings. The minimum Gasteiger partial charge on any atom is -0.364 e. The Bertz CT molecular complexity index is 815. The molecule has 0 spiro atoms. The second kappa shape index (κ2) is 5.98. The summed E-state index contributed by atoms with van der Waals surface area (Å²) in [6.07, 6.45) is 1.03. The van der Waals surface area contributed by atoms with Crippen LogP contribution in [0.2, 0.25) is 0 Å². The molecule has 0 amide bonds. The van der Waals surface area contributed by atoms with E-state index in [1.807, 2.05) is 12.1 Å². The number of fused-ring (bicyclic) bond motifs is 1. The fourth-order valence-electron chi connectivity index (χ4n) is 3.08. The lowest BCUT2D eigenvalue weighted by Crippen LogP contribution is -2.28. The molecular weight excluding hydrogens is 308 g/mol. The zero-order valence-corrected chi connectivity index (χ0v) is 14.5. The molecule has 0 radical (unpaired) electrons. The summed E-state index contributed by atoms with van der Waals surface area (Å²) in [5.74, 6) is 0. The fourth-order valence-corrected chi connectivity index (χ4v) is 4.05. The van der Waals surface area contributed by atoms with Crippen LogP contribution in [-0.4, -0.2) is 32.9 Å². The first-order valence-electron chi connectivity index (χ1n) is 7.75. The minimum atomic E-state index is -3.39. The molecule has 122 valence electrons. The average Bonchev–Trinajstić information content (AvgIpc) is 2.83. The standard InChI is InChI=1S/C18H22N2O2S/c1-14-11-16-8-4-5-10-18(16)20(14)13-15-7-6-9-17(12-15)23(21,22)19(2)3/h4-10,12,14H,11,13H2,1-3H3/t14-/m1/s1. The van der Waals surface area contributed by atoms with E-state index in [0.29, 0.717) is 10.9 Å². The molecule has 1 atom stereocenters. The van der Waals surface area contributed by atoms with Gasteiger partial charge in [0.15, 0.2) is 0 Å². The van der Waals surface area contributed by atoms with Gasteiger partial charge in [-0.25, -0.2) is 12.7 Å². The first-order chi connectivity index (χ1) is 10.9. The average molecular weight is 330 g/mol. The Morgan fingerprint density at radius 2 is 1.87 bits per heavy atom. The van der Waals surface area contributed by atoms with E-state index in [0.717, 1.165) is 18.5 Å². The molecule has 5 heteroatoms. The monoisotopic (exact) mass is 330 g/mol. The molecule has 0 aromatic heterocycles. The topological polar surface area (TPSA) is 40.6 Å². The normalized spacial score (nSPS) is 17.6. The molecule has 23 heavy (non-hydrogen) atoms. The largest absolute Gasteiger partial charge is 0.364 e. The van der Waals surface area contributed by atoms with Crippen LogP contribution in [0.1, 0.15) is 18.1 Å². The van der Waals surface area contributed by atoms with Crippen LogP contribution >= 0.6 is 0 Å². The van der Waals surface area contributed by atoms with Crippen LogP contribution in [0.25, 0.3) is 0 Å². The SMILES string of the molecule is C[C@@H]1Cc2ccccc2N1Cc1cccc(S(=O)(=O)N(C)C)c1. The van der Waals surface area contributed by atoms with E-state index in [-0.39, 0.29) is 0 Å². The Morgan fingerprint density at radius 1 is 1.13 bits per heavy atom. The number of para-hydroxylation sites is 1. The molecule has 1 aliphatic rings. The van der Waals surface area contributed by atoms with Crippen LogP contribution in [0, 0.1) is 0 Å². The summed E-state index contributed by atoms with van der Waals surface area (Å²) < 4.78 is 25.8. The maximum Gasteiger partial charge on any atom is 0.242 e. The molecule has 0 saturated carbocycles. The summed E-state index contributed by atoms with van der Waals surface area (Å²) >= 11 is 0. The summed E-state index contributed by atoms with van der Waals surface area (Å²) in [6, 6.07) is 16.1. The fraction of sp³-hybridized carbons (Fsp3) is 0.333. The summed E-state index contributed by atoms with van der Waals surface area (Å²) in [5, 5.41) is 0. The molecule has 2 aromatic rings. The highest BCUT2D eigenvalue weighted by molar-refractivity contribution is 7.89. The van der Waals surface area contributed by atoms with Crippen molar-refractivity contribution in [2.75, 3.05) is 19.0 Å². The third-order valence-corrected chi connectivity index (χ3v) is 6.19. The Labute approximate surface area is 138 Å². The number of hydrogen-bond donors (Lipinski definition) is 0. The number of sulfonamides is 1. The van der Waals surface area contributed by atoms with Gasteiger partial charge in [0, 0.05) is 32.4 Å². The van der Waals surface area contributed by atoms with Gasteiger partial charge in [-0.15, -0.1) is 0 Å². The summed E-state index contributed by atoms with van der Waals surface area (Å²) in [5.41, 5.74) is 3.62. The van der Waals surface area contributed by atoms with Crippen molar-refractivity contribution in [3.8, 4) is 0 Å². The van der Waals surface area contributed by atoms with Gasteiger partial charge < -0.3 is 4.90 Å². The van der Waals surface area contributed by atoms with Crippen molar-refractivity contribution in [3.05, 3.63) is 59.7 Å². The van der Waals surface area contributed by atoms with E-state index in [1.165, 1.54) is 15.6 Å². The molecule has 0 aliphatic carbocycles. The molecule has 1 aliphatic heterocycles. The van der Waals surface area contributed by atoms with Gasteiger partial charge in [-0.05, 0) is 42.7 Å². The van der Waals surface area contributed by atoms with E-state index in [1.54, 1.807) is 26.2 Å². The second-order valence-corrected chi connectivity index (χ2v) is 8.40. The molecule has 0 bridgehead atoms. The predicted molar refractivity (Wildman–Crippen MR) is 93.1 cm³/mol. The van der Waals surface area contributed by atoms with Crippen LogP contribution in [0.3, 0.4) is 0 Å². The van der Waals surface area contributed by atoms with Gasteiger partial charge in [-0.3, -0.25) is 0 Å². The lowest BCUT2D eigenvalue weighted by molar-refractivity contribution is 0.520. The molecule has 3 rings (SSSR count). The summed E-state index contributed by atoms with van der Waals surface area (Å²) in [7, 11) is -0.280. The second-order valence-electron chi connectivity index (χ2n) is 6.24. The number of rotatable bonds is 4. The Morgan fingerprint density at radius 3 is 2.61 bits per heavy atom. The number of benzene rings is 2. The first kappa shape index (κ1) is 16.0. The van der Waals surface area contributed by atoms with E-state index in [2.05, 4.69) is 36.1 Å². The van der Waals surface area contributed by atoms with Crippen molar-refractivity contribution < 1.29 is 8.42 Å². The van der Waals surface area contributed by atoms with Gasteiger partial charge in [-0.2, -0.15) is 0 Å². The Kier molecular flexibility index (Phi) is 4.17. The molecule has 0 N–H and O–H groups in total. The Balaban J connectivity index is 1.90. The third-order valence-electron chi connectivity index (χ3n) is 4.38. The first-order valence-corrected chi connectivity index (χ1v) is 9.19. The molecular formula is C18H22N2O2S. The van der Waals surface area contributed by atoms with Crippen LogP contribution in [0.4, 0.5) is 5.69 Å². The smallest absolute Gasteiger partial charge is 0.242 e. The Hall–Kier alpha value is -1.85. The molecule has 4 nitrogen and oxygen atoms in total. The van der Waals surface area contributed by atoms with Gasteiger partial charge in [0.25, 0.3) is 0 Å². The summed E-state index contributed by atoms with van der Waals surface area (Å²) in [4.78, 5) is 2.69. The van der Waals surface area contributed by atoms with Crippen LogP contribution in [0.5, 0.6) is 0 Å². The van der Waals surface area contributed by atoms with E-state index < -0.39 is 10.0 Å². The van der Waals surface area contributed by atoms with Crippen LogP contribution in [-0.2, 0) is 23.0 Å². The molecule has 2 aromatic carbocycles. The van der Waals surface area contributed by atoms with Crippen molar-refractivity contribution in [1.29, 1.82) is 0 Å². The highest BCUT2D eigenvalue weighted by Gasteiger charge is 2.26. The van der Waals surface area contributed by atoms with Crippen LogP contribution in [0.15, 0.2) is 53.4 Å². The van der Waals surface area contributed by atoms with Crippen molar-refractivity contribution in [3.63, 3.8) is 0 Å². The zero-order chi connectivity index (χ0) is 16.6. The van der Waals surface area contributed by atoms with Gasteiger partial charge >= 0.3 is 0 Å². The van der Waals surface area contributed by atoms with Crippen molar-refractivity contribution in [1.82, 2.24) is 4.31 Å². The number of hydrogen-bond acceptors (Lipinski definition) is 3. The molecule has 0 unspecified atom stereocenters. The van der Waals surface area contributed by atoms with Gasteiger partial charge in [0.2, 0.25) is 10.0 Å². The van der Waals surface area contributed by atoms with Crippen molar-refractivity contribution in [2.24, 2.45) is 0 Å². The minimum absolute atomic E-state index is 0.347. The van der Waals surface area contributed by atoms with Gasteiger partial charge in [0.1, 0.15) is 0 Å². The maximum atomic E-state index is 12.3. The third kappa shape index (κ3) is 2.99. The van der Waals surface area contributed by atoms with Gasteiger partial charge in [0.05, 0.1) is 4.90 Å². The number of anilines is 1. The highest BCUT2D eigenvalue weighted by atomic mass is 32.2. The lowest BCUT2D eigenvalue weighted by atomic mass is 10.1. The van der Waals surface area contributed by atoms with Crippen molar-refractivity contribution >= 4 is 15.7 Å². The highest BCUT2D eigenvalue weighted by Crippen LogP contribution is 2.33. The summed E-state index contributed by atoms with van der Waals surface area (Å²) in [6.45, 7) is 2.93.